The quantitative estimate of drug-likeness (QED) is 0.00614. The highest BCUT2D eigenvalue weighted by Crippen LogP contribution is 2.53. The van der Waals surface area contributed by atoms with Gasteiger partial charge in [-0.1, -0.05) is 54.8 Å². The number of nitrogens with two attached hydrogens (primary N) is 1. The molecular weight excluding hydrogens is 1260 g/mol. The van der Waals surface area contributed by atoms with E-state index in [4.69, 9.17) is 29.3 Å². The van der Waals surface area contributed by atoms with Gasteiger partial charge >= 0.3 is 13.7 Å². The number of hydrogen-bond acceptors (Lipinski definition) is 14. The molecule has 7 N–H and O–H groups in total. The molecule has 1 atom stereocenters. The molecule has 1 aromatic heterocycles. The number of guanidine groups is 1. The van der Waals surface area contributed by atoms with Crippen molar-refractivity contribution in [3.8, 4) is 33.9 Å². The average molecular weight is 1350 g/mol. The lowest BCUT2D eigenvalue weighted by Gasteiger charge is -2.35. The monoisotopic (exact) mass is 1350 g/mol. The number of rotatable bonds is 30. The molecule has 3 heterocycles. The van der Waals surface area contributed by atoms with Crippen LogP contribution in [0.3, 0.4) is 0 Å². The van der Waals surface area contributed by atoms with Gasteiger partial charge in [-0.15, -0.1) is 5.10 Å². The number of anilines is 4. The number of unbranched alkanes of at least 4 members (excludes halogenated alkanes) is 4. The fraction of sp³-hybridized carbons (Fsp3) is 0.366. The number of alkyl carbamates (subject to hydrolysis) is 1. The Morgan fingerprint density at radius 2 is 1.31 bits per heavy atom. The summed E-state index contributed by atoms with van der Waals surface area (Å²) in [4.78, 5) is 71.3. The van der Waals surface area contributed by atoms with Crippen LogP contribution < -0.4 is 63.3 Å². The summed E-state index contributed by atoms with van der Waals surface area (Å²) in [6, 6.07) is 39.7. The maximum atomic E-state index is 15.3. The van der Waals surface area contributed by atoms with Crippen molar-refractivity contribution in [2.75, 3.05) is 79.8 Å². The van der Waals surface area contributed by atoms with E-state index in [1.54, 1.807) is 53.2 Å². The van der Waals surface area contributed by atoms with Gasteiger partial charge in [-0.3, -0.25) is 29.3 Å². The highest BCUT2D eigenvalue weighted by molar-refractivity contribution is 7.55. The Bertz CT molecular complexity index is 3990. The second kappa shape index (κ2) is 34.6. The third kappa shape index (κ3) is 19.5. The Labute approximate surface area is 566 Å². The van der Waals surface area contributed by atoms with Crippen molar-refractivity contribution in [1.82, 2.24) is 34.7 Å². The van der Waals surface area contributed by atoms with Crippen LogP contribution in [0.15, 0.2) is 144 Å². The van der Waals surface area contributed by atoms with Crippen LogP contribution in [-0.4, -0.2) is 125 Å². The number of amides is 5. The van der Waals surface area contributed by atoms with Crippen LogP contribution in [0.25, 0.3) is 33.4 Å². The van der Waals surface area contributed by atoms with E-state index in [9.17, 15) is 24.0 Å². The van der Waals surface area contributed by atoms with Crippen molar-refractivity contribution in [2.45, 2.75) is 112 Å². The first-order chi connectivity index (χ1) is 45.9. The number of nitrogens with zero attached hydrogens (tertiary/aromatic N) is 7. The van der Waals surface area contributed by atoms with E-state index < -0.39 is 19.5 Å². The number of aromatic nitrogens is 3. The lowest BCUT2D eigenvalue weighted by molar-refractivity contribution is -0.132. The van der Waals surface area contributed by atoms with E-state index in [0.717, 1.165) is 108 Å². The van der Waals surface area contributed by atoms with Crippen LogP contribution in [0.1, 0.15) is 108 Å². The molecule has 0 radical (unpaired) electrons. The SMILES string of the molecule is CCN(CC)c1ccc2c(-c3ccccc3C(=O)N3CCN(C(=O)CCCCCCCn4cc(CCCOC(=O)NC(Cc5ccc(NC(=N)N)cc5)P(=O)(Oc5ccc(NC(C)=O)cc5)Oc5ccc(NC(C)=O)cc5)nn4)CC3)c3ccc(=[N+](CC)CC)cc-3oc2c1.[Cl-]. The van der Waals surface area contributed by atoms with Gasteiger partial charge in [-0.25, -0.2) is 13.9 Å². The van der Waals surface area contributed by atoms with Crippen LogP contribution in [-0.2, 0) is 43.1 Å². The summed E-state index contributed by atoms with van der Waals surface area (Å²) in [7, 11) is -4.47. The van der Waals surface area contributed by atoms with E-state index >= 15 is 4.57 Å². The first kappa shape index (κ1) is 72.1. The minimum Gasteiger partial charge on any atom is -1.00 e. The van der Waals surface area contributed by atoms with Gasteiger partial charge < -0.3 is 72.3 Å². The van der Waals surface area contributed by atoms with Crippen LogP contribution in [0, 0.1) is 5.41 Å². The Morgan fingerprint density at radius 1 is 0.708 bits per heavy atom. The van der Waals surface area contributed by atoms with Crippen molar-refractivity contribution in [1.29, 1.82) is 5.41 Å². The lowest BCUT2D eigenvalue weighted by Crippen LogP contribution is -3.00. The van der Waals surface area contributed by atoms with Crippen LogP contribution in [0.5, 0.6) is 11.5 Å². The molecule has 508 valence electrons. The molecule has 9 rings (SSSR count). The zero-order valence-electron chi connectivity index (χ0n) is 55.4. The van der Waals surface area contributed by atoms with Gasteiger partial charge in [0.15, 0.2) is 11.7 Å². The van der Waals surface area contributed by atoms with Crippen molar-refractivity contribution in [3.05, 3.63) is 162 Å². The predicted octanol–water partition coefficient (Wildman–Crippen LogP) is 8.58. The van der Waals surface area contributed by atoms with Crippen LogP contribution >= 0.6 is 7.60 Å². The summed E-state index contributed by atoms with van der Waals surface area (Å²) in [5.41, 5.74) is 13.6. The molecule has 0 spiro atoms. The van der Waals surface area contributed by atoms with E-state index in [1.807, 2.05) is 40.3 Å². The first-order valence-electron chi connectivity index (χ1n) is 32.7. The molecule has 1 unspecified atom stereocenters. The minimum atomic E-state index is -4.47. The molecule has 6 aromatic rings. The lowest BCUT2D eigenvalue weighted by atomic mass is 9.90. The average Bonchev–Trinajstić information content (AvgIpc) is 0.761. The molecule has 2 aliphatic heterocycles. The third-order valence-electron chi connectivity index (χ3n) is 16.6. The molecular formula is C71H87ClN13O10P. The number of hydrogen-bond donors (Lipinski definition) is 6. The maximum Gasteiger partial charge on any atom is 0.453 e. The van der Waals surface area contributed by atoms with Gasteiger partial charge in [0, 0.05) is 136 Å². The number of fused-ring (bicyclic) bond motifs is 2. The van der Waals surface area contributed by atoms with Crippen LogP contribution in [0.4, 0.5) is 27.5 Å². The van der Waals surface area contributed by atoms with E-state index in [1.165, 1.54) is 38.1 Å². The largest absolute Gasteiger partial charge is 1.00 e. The van der Waals surface area contributed by atoms with Crippen molar-refractivity contribution < 1.29 is 59.1 Å². The number of carbonyl (C=O) groups is 5. The zero-order chi connectivity index (χ0) is 67.4. The summed E-state index contributed by atoms with van der Waals surface area (Å²) in [5.74, 6) is -1.11. The Balaban J connectivity index is 0.0000118. The summed E-state index contributed by atoms with van der Waals surface area (Å²) < 4.78 is 44.1. The van der Waals surface area contributed by atoms with Crippen molar-refractivity contribution in [2.24, 2.45) is 5.73 Å². The fourth-order valence-corrected chi connectivity index (χ4v) is 13.6. The molecule has 96 heavy (non-hydrogen) atoms. The van der Waals surface area contributed by atoms with Gasteiger partial charge in [0.1, 0.15) is 35.9 Å². The number of carbonyl (C=O) groups excluding carboxylic acids is 5. The Morgan fingerprint density at radius 3 is 1.94 bits per heavy atom. The zero-order valence-corrected chi connectivity index (χ0v) is 57.1. The second-order valence-electron chi connectivity index (χ2n) is 23.4. The van der Waals surface area contributed by atoms with Gasteiger partial charge in [0.2, 0.25) is 23.1 Å². The Hall–Kier alpha value is -9.73. The second-order valence-corrected chi connectivity index (χ2v) is 25.4. The van der Waals surface area contributed by atoms with Crippen LogP contribution in [0.2, 0.25) is 0 Å². The molecule has 1 fully saturated rings. The van der Waals surface area contributed by atoms with E-state index in [-0.39, 0.29) is 66.5 Å². The number of halogens is 1. The summed E-state index contributed by atoms with van der Waals surface area (Å²) >= 11 is 0. The van der Waals surface area contributed by atoms with Crippen molar-refractivity contribution >= 4 is 77.0 Å². The predicted molar refractivity (Wildman–Crippen MR) is 371 cm³/mol. The first-order valence-corrected chi connectivity index (χ1v) is 34.3. The number of ether oxygens (including phenoxy) is 1. The molecule has 25 heteroatoms. The van der Waals surface area contributed by atoms with Crippen molar-refractivity contribution in [3.63, 3.8) is 0 Å². The molecule has 0 bridgehead atoms. The van der Waals surface area contributed by atoms with Gasteiger partial charge in [0.25, 0.3) is 5.91 Å². The molecule has 23 nitrogen and oxygen atoms in total. The number of piperazine rings is 1. The number of aryl methyl sites for hydroxylation is 2. The Kier molecular flexibility index (Phi) is 26.0. The molecule has 1 aliphatic carbocycles. The minimum absolute atomic E-state index is 0. The maximum absolute atomic E-state index is 15.3. The summed E-state index contributed by atoms with van der Waals surface area (Å²) in [5, 5.41) is 29.1. The highest BCUT2D eigenvalue weighted by Gasteiger charge is 2.42. The normalized spacial score (nSPS) is 12.5. The van der Waals surface area contributed by atoms with Gasteiger partial charge in [0.05, 0.1) is 18.4 Å². The molecule has 1 saturated heterocycles. The highest BCUT2D eigenvalue weighted by atomic mass is 35.5. The van der Waals surface area contributed by atoms with Gasteiger partial charge in [-0.05, 0) is 149 Å². The van der Waals surface area contributed by atoms with E-state index in [2.05, 4.69) is 105 Å². The third-order valence-corrected chi connectivity index (χ3v) is 18.6. The molecule has 0 saturated carbocycles. The standard InChI is InChI=1S/C71H86N13O10P.ClH/c1-7-80(8-2)56-31-37-62-64(46-56)92-65-47-57(81(9-3)10-4)32-38-63(65)68(62)60-20-15-16-21-61(60)69(88)83-42-40-82(41-43-83)67(87)22-14-12-11-13-17-39-84-48-55(78-79-84)19-18-44-91-71(89)77-66(45-51-23-25-54(26-24-51)76-70(72)73)95(90,93-58-33-27-52(28-34-58)74-49(5)85)94-59-35-29-53(30-36-59)75-50(6)86;/h15-16,20-21,23-38,46-48,66H,7-14,17-19,22,39-45H2,1-6H3,(H6-,72,73,74,75,76,77,85,86,89);1H. The molecule has 5 aromatic carbocycles. The molecule has 5 amide bonds. The van der Waals surface area contributed by atoms with Gasteiger partial charge in [-0.2, -0.15) is 0 Å². The fourth-order valence-electron chi connectivity index (χ4n) is 11.7. The molecule has 3 aliphatic rings. The topological polar surface area (TPSA) is 285 Å². The number of nitrogens with one attached hydrogen (secondary N) is 5. The summed E-state index contributed by atoms with van der Waals surface area (Å²) in [6.07, 6.45) is 6.75. The smallest absolute Gasteiger partial charge is 0.453 e. The summed E-state index contributed by atoms with van der Waals surface area (Å²) in [6.45, 7) is 17.3. The number of benzene rings is 6. The van der Waals surface area contributed by atoms with E-state index in [0.29, 0.717) is 80.2 Å².